The molecule has 104 valence electrons. The molecule has 0 radical (unpaired) electrons. The minimum Gasteiger partial charge on any atom is -0.267 e. The molecule has 0 saturated heterocycles. The molecule has 1 aromatic heterocycles. The predicted octanol–water partition coefficient (Wildman–Crippen LogP) is 2.56. The Morgan fingerprint density at radius 1 is 1.16 bits per heavy atom. The molecule has 1 aliphatic rings. The van der Waals surface area contributed by atoms with Crippen molar-refractivity contribution in [3.63, 3.8) is 0 Å². The Bertz CT molecular complexity index is 620. The van der Waals surface area contributed by atoms with Gasteiger partial charge in [0.05, 0.1) is 11.1 Å². The highest BCUT2D eigenvalue weighted by atomic mass is 16.2. The van der Waals surface area contributed by atoms with Crippen LogP contribution in [-0.2, 0) is 7.05 Å². The van der Waals surface area contributed by atoms with E-state index >= 15 is 0 Å². The number of hydrogen-bond donors (Lipinski definition) is 1. The number of fused-ring (bicyclic) bond motifs is 1. The molecule has 2 rings (SSSR count). The Labute approximate surface area is 113 Å². The highest BCUT2D eigenvalue weighted by Crippen LogP contribution is 2.29. The average Bonchev–Trinajstić information content (AvgIpc) is 2.59. The van der Waals surface area contributed by atoms with Crippen molar-refractivity contribution in [2.75, 3.05) is 0 Å². The molecule has 1 aliphatic carbocycles. The molecule has 0 bridgehead atoms. The number of hydrogen-bond acceptors (Lipinski definition) is 2. The van der Waals surface area contributed by atoms with Crippen LogP contribution in [0.4, 0.5) is 0 Å². The van der Waals surface area contributed by atoms with Crippen molar-refractivity contribution in [2.24, 2.45) is 12.5 Å². The van der Waals surface area contributed by atoms with Gasteiger partial charge in [0.2, 0.25) is 0 Å². The Morgan fingerprint density at radius 2 is 1.68 bits per heavy atom. The van der Waals surface area contributed by atoms with Gasteiger partial charge in [0, 0.05) is 12.5 Å². The van der Waals surface area contributed by atoms with E-state index in [9.17, 15) is 9.59 Å². The number of nitrogens with zero attached hydrogens (tertiary/aromatic N) is 1. The van der Waals surface area contributed by atoms with Crippen molar-refractivity contribution in [1.82, 2.24) is 9.78 Å². The molecule has 0 saturated carbocycles. The Kier molecular flexibility index (Phi) is 4.70. The summed E-state index contributed by atoms with van der Waals surface area (Å²) in [5, 5.41) is 2.50. The molecule has 0 spiro atoms. The first kappa shape index (κ1) is 15.2. The number of nitrogens with one attached hydrogen (secondary N) is 1. The Hall–Kier alpha value is -1.84. The van der Waals surface area contributed by atoms with Gasteiger partial charge in [-0.05, 0) is 6.42 Å². The van der Waals surface area contributed by atoms with E-state index in [2.05, 4.69) is 18.9 Å². The summed E-state index contributed by atoms with van der Waals surface area (Å²) in [5.41, 5.74) is 0.395. The lowest BCUT2D eigenvalue weighted by molar-refractivity contribution is 0.536. The van der Waals surface area contributed by atoms with Gasteiger partial charge in [-0.1, -0.05) is 52.0 Å². The van der Waals surface area contributed by atoms with E-state index in [4.69, 9.17) is 0 Å². The van der Waals surface area contributed by atoms with Crippen LogP contribution < -0.4 is 11.1 Å². The van der Waals surface area contributed by atoms with E-state index in [0.29, 0.717) is 11.1 Å². The van der Waals surface area contributed by atoms with Gasteiger partial charge >= 0.3 is 0 Å². The van der Waals surface area contributed by atoms with Gasteiger partial charge in [0.1, 0.15) is 0 Å². The summed E-state index contributed by atoms with van der Waals surface area (Å²) in [7, 11) is 1.55. The normalized spacial score (nSPS) is 20.3. The Morgan fingerprint density at radius 3 is 2.21 bits per heavy atom. The summed E-state index contributed by atoms with van der Waals surface area (Å²) in [4.78, 5) is 23.7. The molecule has 4 nitrogen and oxygen atoms in total. The second-order valence-electron chi connectivity index (χ2n) is 4.66. The highest BCUT2D eigenvalue weighted by Gasteiger charge is 2.19. The Balaban J connectivity index is 0.000000861. The third-order valence-electron chi connectivity index (χ3n) is 3.36. The number of allylic oxidation sites excluding steroid dienone is 2. The lowest BCUT2D eigenvalue weighted by Crippen LogP contribution is -2.31. The maximum atomic E-state index is 11.9. The summed E-state index contributed by atoms with van der Waals surface area (Å²) in [5.74, 6) is 0. The summed E-state index contributed by atoms with van der Waals surface area (Å²) >= 11 is 0. The van der Waals surface area contributed by atoms with Gasteiger partial charge in [-0.2, -0.15) is 0 Å². The summed E-state index contributed by atoms with van der Waals surface area (Å²) in [6, 6.07) is 0. The third kappa shape index (κ3) is 2.95. The zero-order chi connectivity index (χ0) is 14.6. The second-order valence-corrected chi connectivity index (χ2v) is 4.66. The molecule has 1 unspecified atom stereocenters. The van der Waals surface area contributed by atoms with Gasteiger partial charge in [0.25, 0.3) is 11.1 Å². The van der Waals surface area contributed by atoms with Crippen molar-refractivity contribution in [1.29, 1.82) is 0 Å². The zero-order valence-corrected chi connectivity index (χ0v) is 12.3. The molecular weight excluding hydrogens is 240 g/mol. The monoisotopic (exact) mass is 262 g/mol. The van der Waals surface area contributed by atoms with Crippen molar-refractivity contribution in [3.05, 3.63) is 44.0 Å². The minimum atomic E-state index is -0.233. The minimum absolute atomic E-state index is 0.101. The molecule has 1 atom stereocenters. The van der Waals surface area contributed by atoms with Crippen LogP contribution >= 0.6 is 0 Å². The topological polar surface area (TPSA) is 54.9 Å². The van der Waals surface area contributed by atoms with Crippen LogP contribution in [-0.4, -0.2) is 9.78 Å². The van der Waals surface area contributed by atoms with Gasteiger partial charge in [-0.15, -0.1) is 0 Å². The summed E-state index contributed by atoms with van der Waals surface area (Å²) < 4.78 is 1.22. The molecule has 1 heterocycles. The van der Waals surface area contributed by atoms with E-state index < -0.39 is 0 Å². The summed E-state index contributed by atoms with van der Waals surface area (Å²) in [6.45, 7) is 8.15. The van der Waals surface area contributed by atoms with E-state index in [1.54, 1.807) is 19.2 Å². The first-order valence-corrected chi connectivity index (χ1v) is 6.68. The van der Waals surface area contributed by atoms with Crippen LogP contribution in [0.25, 0.3) is 12.2 Å². The van der Waals surface area contributed by atoms with E-state index in [1.807, 2.05) is 26.0 Å². The molecule has 4 heteroatoms. The number of H-pyrrole nitrogens is 1. The fourth-order valence-electron chi connectivity index (χ4n) is 1.85. The van der Waals surface area contributed by atoms with Gasteiger partial charge in [-0.3, -0.25) is 19.4 Å². The molecule has 19 heavy (non-hydrogen) atoms. The van der Waals surface area contributed by atoms with E-state index in [-0.39, 0.29) is 16.5 Å². The van der Waals surface area contributed by atoms with E-state index in [1.165, 1.54) is 4.68 Å². The van der Waals surface area contributed by atoms with Crippen LogP contribution in [0.3, 0.4) is 0 Å². The third-order valence-corrected chi connectivity index (χ3v) is 3.36. The maximum Gasteiger partial charge on any atom is 0.272 e. The first-order valence-electron chi connectivity index (χ1n) is 6.68. The summed E-state index contributed by atoms with van der Waals surface area (Å²) in [6.07, 6.45) is 8.39. The van der Waals surface area contributed by atoms with Gasteiger partial charge in [0.15, 0.2) is 0 Å². The van der Waals surface area contributed by atoms with E-state index in [0.717, 1.165) is 6.42 Å². The second kappa shape index (κ2) is 5.87. The van der Waals surface area contributed by atoms with Crippen LogP contribution in [0, 0.1) is 5.41 Å². The number of aromatic amines is 1. The first-order chi connectivity index (χ1) is 8.97. The zero-order valence-electron chi connectivity index (χ0n) is 12.3. The van der Waals surface area contributed by atoms with Crippen molar-refractivity contribution in [2.45, 2.75) is 34.1 Å². The standard InChI is InChI=1S/C13H16N2O2.C2H6/c1-4-13(2)7-5-9-10(6-8-13)12(17)15(3)14-11(9)16;1-2/h5-8H,4H2,1-3H3,(H,14,16);1-2H3. The van der Waals surface area contributed by atoms with Crippen molar-refractivity contribution >= 4 is 12.2 Å². The SMILES string of the molecule is CC.CCC1(C)C=Cc2c(c(=O)n(C)[nH]c2=O)C=C1. The highest BCUT2D eigenvalue weighted by molar-refractivity contribution is 5.67. The number of aromatic nitrogens is 2. The largest absolute Gasteiger partial charge is 0.272 e. The molecular formula is C15H22N2O2. The predicted molar refractivity (Wildman–Crippen MR) is 80.1 cm³/mol. The molecule has 0 fully saturated rings. The molecule has 0 aliphatic heterocycles. The number of rotatable bonds is 1. The fraction of sp³-hybridized carbons (Fsp3) is 0.467. The quantitative estimate of drug-likeness (QED) is 0.845. The fourth-order valence-corrected chi connectivity index (χ4v) is 1.85. The van der Waals surface area contributed by atoms with Gasteiger partial charge < -0.3 is 0 Å². The number of aryl methyl sites for hydroxylation is 1. The molecule has 1 N–H and O–H groups in total. The molecule has 0 amide bonds. The lowest BCUT2D eigenvalue weighted by atomic mass is 9.87. The maximum absolute atomic E-state index is 11.9. The van der Waals surface area contributed by atoms with Gasteiger partial charge in [-0.25, -0.2) is 0 Å². The van der Waals surface area contributed by atoms with Crippen LogP contribution in [0.15, 0.2) is 21.7 Å². The van der Waals surface area contributed by atoms with Crippen LogP contribution in [0.5, 0.6) is 0 Å². The van der Waals surface area contributed by atoms with Crippen molar-refractivity contribution in [3.8, 4) is 0 Å². The average molecular weight is 262 g/mol. The molecule has 0 aromatic carbocycles. The smallest absolute Gasteiger partial charge is 0.267 e. The van der Waals surface area contributed by atoms with Crippen LogP contribution in [0.2, 0.25) is 0 Å². The lowest BCUT2D eigenvalue weighted by Gasteiger charge is -2.17. The molecule has 1 aromatic rings. The van der Waals surface area contributed by atoms with Crippen LogP contribution in [0.1, 0.15) is 45.2 Å². The van der Waals surface area contributed by atoms with Crippen molar-refractivity contribution < 1.29 is 0 Å².